The maximum Gasteiger partial charge on any atom is 0.508 e. The van der Waals surface area contributed by atoms with Crippen LogP contribution in [0.1, 0.15) is 103 Å². The highest BCUT2D eigenvalue weighted by molar-refractivity contribution is 5.69. The summed E-state index contributed by atoms with van der Waals surface area (Å²) in [6.07, 6.45) is 18.3. The first-order chi connectivity index (χ1) is 18.5. The number of hydrogen-bond donors (Lipinski definition) is 0. The van der Waals surface area contributed by atoms with Gasteiger partial charge in [-0.15, -0.1) is 0 Å². The Morgan fingerprint density at radius 2 is 0.974 bits per heavy atom. The zero-order chi connectivity index (χ0) is 27.3. The normalized spacial score (nSPS) is 18.6. The van der Waals surface area contributed by atoms with Crippen molar-refractivity contribution >= 4 is 24.2 Å². The minimum Gasteiger partial charge on any atom is -0.462 e. The maximum atomic E-state index is 11.7. The average Bonchev–Trinajstić information content (AvgIpc) is 3.52. The van der Waals surface area contributed by atoms with Gasteiger partial charge in [-0.3, -0.25) is 9.59 Å². The number of esters is 2. The minimum atomic E-state index is -0.704. The molecule has 2 unspecified atom stereocenters. The summed E-state index contributed by atoms with van der Waals surface area (Å²) in [5.74, 6) is -0.503. The van der Waals surface area contributed by atoms with Crippen LogP contribution < -0.4 is 0 Å². The first-order valence-electron chi connectivity index (χ1n) is 14.2. The number of carbonyl (C=O) groups excluding carboxylic acids is 4. The maximum absolute atomic E-state index is 11.7. The summed E-state index contributed by atoms with van der Waals surface area (Å²) in [7, 11) is 0. The SMILES string of the molecule is O=C(CCCCCCCC/C=C/CCCCCCCCC(=O)OCC1COC(=O)O1)OCC1COC(=O)O1. The molecule has 2 fully saturated rings. The van der Waals surface area contributed by atoms with Crippen molar-refractivity contribution < 1.29 is 47.6 Å². The Kier molecular flexibility index (Phi) is 16.7. The highest BCUT2D eigenvalue weighted by atomic mass is 16.8. The van der Waals surface area contributed by atoms with Gasteiger partial charge in [0.05, 0.1) is 0 Å². The van der Waals surface area contributed by atoms with E-state index in [-0.39, 0.29) is 38.4 Å². The number of hydrogen-bond acceptors (Lipinski definition) is 10. The summed E-state index contributed by atoms with van der Waals surface area (Å²) in [6, 6.07) is 0. The molecule has 0 bridgehead atoms. The van der Waals surface area contributed by atoms with Gasteiger partial charge < -0.3 is 28.4 Å². The topological polar surface area (TPSA) is 124 Å². The molecule has 0 radical (unpaired) electrons. The fourth-order valence-corrected chi connectivity index (χ4v) is 4.12. The van der Waals surface area contributed by atoms with E-state index < -0.39 is 24.5 Å². The Morgan fingerprint density at radius 1 is 0.605 bits per heavy atom. The van der Waals surface area contributed by atoms with Gasteiger partial charge >= 0.3 is 24.2 Å². The Morgan fingerprint density at radius 3 is 1.34 bits per heavy atom. The largest absolute Gasteiger partial charge is 0.508 e. The average molecular weight is 541 g/mol. The molecule has 2 heterocycles. The van der Waals surface area contributed by atoms with Gasteiger partial charge in [-0.25, -0.2) is 9.59 Å². The number of carbonyl (C=O) groups is 4. The molecule has 216 valence electrons. The van der Waals surface area contributed by atoms with Crippen molar-refractivity contribution in [3.63, 3.8) is 0 Å². The molecular formula is C28H44O10. The van der Waals surface area contributed by atoms with Gasteiger partial charge in [0.1, 0.15) is 26.4 Å². The van der Waals surface area contributed by atoms with Crippen molar-refractivity contribution in [2.75, 3.05) is 26.4 Å². The molecule has 0 N–H and O–H groups in total. The fraction of sp³-hybridized carbons (Fsp3) is 0.786. The number of rotatable bonds is 22. The van der Waals surface area contributed by atoms with E-state index in [1.54, 1.807) is 0 Å². The van der Waals surface area contributed by atoms with E-state index >= 15 is 0 Å². The second-order valence-corrected chi connectivity index (χ2v) is 9.76. The lowest BCUT2D eigenvalue weighted by Crippen LogP contribution is -2.20. The van der Waals surface area contributed by atoms with Crippen molar-refractivity contribution in [2.24, 2.45) is 0 Å². The lowest BCUT2D eigenvalue weighted by atomic mass is 10.1. The molecule has 2 saturated heterocycles. The standard InChI is InChI=1S/C28H44O10/c29-25(33-19-23-21-35-27(31)37-23)17-15-13-11-9-7-5-3-1-2-4-6-8-10-12-14-16-18-26(30)34-20-24-22-36-28(32)38-24/h1-2,23-24H,3-22H2/b2-1+. The predicted octanol–water partition coefficient (Wildman–Crippen LogP) is 5.94. The van der Waals surface area contributed by atoms with Gasteiger partial charge in [0.2, 0.25) is 0 Å². The third kappa shape index (κ3) is 16.1. The van der Waals surface area contributed by atoms with Crippen LogP contribution in [0.5, 0.6) is 0 Å². The van der Waals surface area contributed by atoms with Crippen molar-refractivity contribution in [1.29, 1.82) is 0 Å². The number of unbranched alkanes of at least 4 members (excludes halogenated alkanes) is 12. The molecular weight excluding hydrogens is 496 g/mol. The summed E-state index contributed by atoms with van der Waals surface area (Å²) in [5, 5.41) is 0. The zero-order valence-electron chi connectivity index (χ0n) is 22.5. The third-order valence-corrected chi connectivity index (χ3v) is 6.33. The first-order valence-corrected chi connectivity index (χ1v) is 14.2. The van der Waals surface area contributed by atoms with Crippen molar-refractivity contribution in [3.8, 4) is 0 Å². The van der Waals surface area contributed by atoms with Crippen molar-refractivity contribution in [3.05, 3.63) is 12.2 Å². The second kappa shape index (κ2) is 20.2. The van der Waals surface area contributed by atoms with Crippen LogP contribution in [0.4, 0.5) is 9.59 Å². The summed E-state index contributed by atoms with van der Waals surface area (Å²) in [5.41, 5.74) is 0. The fourth-order valence-electron chi connectivity index (χ4n) is 4.12. The minimum absolute atomic E-state index is 0.0681. The van der Waals surface area contributed by atoms with Crippen LogP contribution >= 0.6 is 0 Å². The second-order valence-electron chi connectivity index (χ2n) is 9.76. The molecule has 2 aliphatic rings. The van der Waals surface area contributed by atoms with Crippen LogP contribution in [0.25, 0.3) is 0 Å². The highest BCUT2D eigenvalue weighted by Gasteiger charge is 2.27. The summed E-state index contributed by atoms with van der Waals surface area (Å²) in [4.78, 5) is 45.0. The molecule has 0 amide bonds. The lowest BCUT2D eigenvalue weighted by molar-refractivity contribution is -0.147. The Labute approximate surface area is 225 Å². The van der Waals surface area contributed by atoms with Crippen molar-refractivity contribution in [2.45, 2.75) is 115 Å². The number of allylic oxidation sites excluding steroid dienone is 2. The molecule has 0 aromatic carbocycles. The van der Waals surface area contributed by atoms with E-state index in [1.807, 2.05) is 0 Å². The third-order valence-electron chi connectivity index (χ3n) is 6.33. The van der Waals surface area contributed by atoms with Gasteiger partial charge in [0, 0.05) is 12.8 Å². The van der Waals surface area contributed by atoms with Crippen molar-refractivity contribution in [1.82, 2.24) is 0 Å². The molecule has 0 spiro atoms. The van der Waals surface area contributed by atoms with Crippen LogP contribution in [-0.2, 0) is 38.0 Å². The summed E-state index contributed by atoms with van der Waals surface area (Å²) >= 11 is 0. The van der Waals surface area contributed by atoms with E-state index in [0.717, 1.165) is 51.4 Å². The van der Waals surface area contributed by atoms with Gasteiger partial charge in [0.15, 0.2) is 12.2 Å². The van der Waals surface area contributed by atoms with Crippen LogP contribution in [0, 0.1) is 0 Å². The summed E-state index contributed by atoms with van der Waals surface area (Å²) < 4.78 is 29.1. The molecule has 10 heteroatoms. The first kappa shape index (κ1) is 31.4. The van der Waals surface area contributed by atoms with Crippen LogP contribution in [0.3, 0.4) is 0 Å². The highest BCUT2D eigenvalue weighted by Crippen LogP contribution is 2.13. The van der Waals surface area contributed by atoms with Gasteiger partial charge in [-0.2, -0.15) is 0 Å². The van der Waals surface area contributed by atoms with Crippen LogP contribution in [0.2, 0.25) is 0 Å². The Hall–Kier alpha value is -2.78. The lowest BCUT2D eigenvalue weighted by Gasteiger charge is -2.07. The van der Waals surface area contributed by atoms with E-state index in [1.165, 1.54) is 38.5 Å². The molecule has 2 aliphatic heterocycles. The Balaban J connectivity index is 1.24. The molecule has 2 atom stereocenters. The molecule has 0 aliphatic carbocycles. The van der Waals surface area contributed by atoms with Gasteiger partial charge in [-0.05, 0) is 38.5 Å². The quantitative estimate of drug-likeness (QED) is 0.0705. The molecule has 10 nitrogen and oxygen atoms in total. The van der Waals surface area contributed by atoms with E-state index in [0.29, 0.717) is 12.8 Å². The predicted molar refractivity (Wildman–Crippen MR) is 137 cm³/mol. The van der Waals surface area contributed by atoms with Gasteiger partial charge in [0.25, 0.3) is 0 Å². The number of ether oxygens (including phenoxy) is 6. The molecule has 2 rings (SSSR count). The van der Waals surface area contributed by atoms with Crippen LogP contribution in [-0.4, -0.2) is 62.9 Å². The zero-order valence-corrected chi connectivity index (χ0v) is 22.5. The summed E-state index contributed by atoms with van der Waals surface area (Å²) in [6.45, 7) is 0.426. The van der Waals surface area contributed by atoms with Gasteiger partial charge in [-0.1, -0.05) is 63.5 Å². The molecule has 0 aromatic heterocycles. The Bertz CT molecular complexity index is 675. The van der Waals surface area contributed by atoms with E-state index in [4.69, 9.17) is 18.9 Å². The number of cyclic esters (lactones) is 4. The van der Waals surface area contributed by atoms with Crippen LogP contribution in [0.15, 0.2) is 12.2 Å². The molecule has 0 aromatic rings. The molecule has 0 saturated carbocycles. The monoisotopic (exact) mass is 540 g/mol. The smallest absolute Gasteiger partial charge is 0.462 e. The van der Waals surface area contributed by atoms with E-state index in [9.17, 15) is 19.2 Å². The van der Waals surface area contributed by atoms with E-state index in [2.05, 4.69) is 21.6 Å². The molecule has 38 heavy (non-hydrogen) atoms.